The van der Waals surface area contributed by atoms with Crippen LogP contribution in [-0.4, -0.2) is 70.3 Å². The molecular weight excluding hydrogens is 438 g/mol. The Labute approximate surface area is 196 Å². The van der Waals surface area contributed by atoms with E-state index < -0.39 is 0 Å². The zero-order valence-corrected chi connectivity index (χ0v) is 19.5. The summed E-state index contributed by atoms with van der Waals surface area (Å²) in [6, 6.07) is 2.28. The van der Waals surface area contributed by atoms with Gasteiger partial charge in [-0.2, -0.15) is 10.4 Å². The number of aromatic nitrogens is 4. The molecule has 5 rings (SSSR count). The van der Waals surface area contributed by atoms with E-state index in [9.17, 15) is 10.1 Å². The second-order valence-corrected chi connectivity index (χ2v) is 9.48. The van der Waals surface area contributed by atoms with Gasteiger partial charge in [-0.1, -0.05) is 0 Å². The first-order chi connectivity index (χ1) is 16.0. The van der Waals surface area contributed by atoms with Crippen LogP contribution < -0.4 is 15.1 Å². The molecule has 0 unspecified atom stereocenters. The predicted octanol–water partition coefficient (Wildman–Crippen LogP) is 1.71. The van der Waals surface area contributed by atoms with E-state index >= 15 is 0 Å². The molecule has 0 radical (unpaired) electrons. The largest absolute Gasteiger partial charge is 0.366 e. The summed E-state index contributed by atoms with van der Waals surface area (Å²) in [5.41, 5.74) is 3.07. The Balaban J connectivity index is 1.30. The topological polar surface area (TPSA) is 106 Å². The molecule has 3 aromatic rings. The number of piperazine rings is 1. The standard InChI is InChI=1S/C22H25N9OS/c1-28-5-7-30(8-6-28)16-11-24-22(25-12-16)31-4-3-17-18(9-23)21(33-19(17)14-31)27-20(32)15-10-26-29(2)13-15/h10-13H,3-8,14H2,1-2H3,(H,27,32). The van der Waals surface area contributed by atoms with Crippen LogP contribution in [0.25, 0.3) is 0 Å². The van der Waals surface area contributed by atoms with Gasteiger partial charge in [-0.25, -0.2) is 9.97 Å². The maximum Gasteiger partial charge on any atom is 0.259 e. The maximum absolute atomic E-state index is 12.6. The number of hydrogen-bond acceptors (Lipinski definition) is 9. The minimum atomic E-state index is -0.266. The van der Waals surface area contributed by atoms with Crippen molar-refractivity contribution in [2.24, 2.45) is 7.05 Å². The number of nitrogens with one attached hydrogen (secondary N) is 1. The van der Waals surface area contributed by atoms with E-state index in [1.165, 1.54) is 17.5 Å². The number of anilines is 3. The monoisotopic (exact) mass is 463 g/mol. The van der Waals surface area contributed by atoms with Gasteiger partial charge in [0.05, 0.1) is 41.9 Å². The molecule has 0 aromatic carbocycles. The number of hydrogen-bond donors (Lipinski definition) is 1. The van der Waals surface area contributed by atoms with Gasteiger partial charge in [-0.15, -0.1) is 11.3 Å². The van der Waals surface area contributed by atoms with Crippen LogP contribution in [0.2, 0.25) is 0 Å². The number of nitrogens with zero attached hydrogens (tertiary/aromatic N) is 8. The van der Waals surface area contributed by atoms with E-state index in [2.05, 4.69) is 48.2 Å². The number of aryl methyl sites for hydroxylation is 1. The average Bonchev–Trinajstić information content (AvgIpc) is 3.42. The van der Waals surface area contributed by atoms with Gasteiger partial charge in [0.2, 0.25) is 5.95 Å². The van der Waals surface area contributed by atoms with E-state index in [4.69, 9.17) is 0 Å². The molecule has 1 fully saturated rings. The summed E-state index contributed by atoms with van der Waals surface area (Å²) in [5.74, 6) is 0.421. The van der Waals surface area contributed by atoms with E-state index in [0.717, 1.165) is 48.9 Å². The molecule has 3 aromatic heterocycles. The number of carbonyl (C=O) groups excluding carboxylic acids is 1. The second-order valence-electron chi connectivity index (χ2n) is 8.38. The van der Waals surface area contributed by atoms with Crippen molar-refractivity contribution in [2.75, 3.05) is 54.9 Å². The van der Waals surface area contributed by atoms with Gasteiger partial charge in [-0.05, 0) is 19.0 Å². The van der Waals surface area contributed by atoms with Crippen molar-refractivity contribution in [1.82, 2.24) is 24.6 Å². The fraction of sp³-hybridized carbons (Fsp3) is 0.409. The zero-order chi connectivity index (χ0) is 22.9. The zero-order valence-electron chi connectivity index (χ0n) is 18.7. The third kappa shape index (κ3) is 4.27. The Morgan fingerprint density at radius 3 is 2.52 bits per heavy atom. The van der Waals surface area contributed by atoms with E-state index in [1.54, 1.807) is 17.9 Å². The summed E-state index contributed by atoms with van der Waals surface area (Å²) in [7, 11) is 3.90. The Hall–Kier alpha value is -3.49. The summed E-state index contributed by atoms with van der Waals surface area (Å²) < 4.78 is 1.58. The lowest BCUT2D eigenvalue weighted by molar-refractivity contribution is 0.102. The highest BCUT2D eigenvalue weighted by atomic mass is 32.1. The highest BCUT2D eigenvalue weighted by Gasteiger charge is 2.27. The molecule has 5 heterocycles. The van der Waals surface area contributed by atoms with Crippen molar-refractivity contribution < 1.29 is 4.79 Å². The van der Waals surface area contributed by atoms with Crippen molar-refractivity contribution >= 4 is 33.9 Å². The molecule has 1 amide bonds. The predicted molar refractivity (Wildman–Crippen MR) is 127 cm³/mol. The van der Waals surface area contributed by atoms with Crippen LogP contribution >= 0.6 is 11.3 Å². The maximum atomic E-state index is 12.6. The van der Waals surface area contributed by atoms with Gasteiger partial charge in [0.25, 0.3) is 5.91 Å². The molecule has 0 bridgehead atoms. The van der Waals surface area contributed by atoms with Crippen molar-refractivity contribution in [3.05, 3.63) is 46.4 Å². The number of carbonyl (C=O) groups is 1. The molecule has 11 heteroatoms. The average molecular weight is 464 g/mol. The highest BCUT2D eigenvalue weighted by molar-refractivity contribution is 7.16. The first-order valence-electron chi connectivity index (χ1n) is 10.9. The molecule has 0 atom stereocenters. The van der Waals surface area contributed by atoms with Crippen molar-refractivity contribution in [2.45, 2.75) is 13.0 Å². The van der Waals surface area contributed by atoms with Crippen LogP contribution in [0.4, 0.5) is 16.6 Å². The van der Waals surface area contributed by atoms with Crippen molar-refractivity contribution in [3.63, 3.8) is 0 Å². The summed E-state index contributed by atoms with van der Waals surface area (Å²) in [4.78, 5) is 29.6. The molecule has 2 aliphatic rings. The summed E-state index contributed by atoms with van der Waals surface area (Å²) >= 11 is 1.45. The van der Waals surface area contributed by atoms with Gasteiger partial charge >= 0.3 is 0 Å². The Morgan fingerprint density at radius 2 is 1.85 bits per heavy atom. The van der Waals surface area contributed by atoms with Gasteiger partial charge in [-0.3, -0.25) is 9.48 Å². The molecule has 0 spiro atoms. The van der Waals surface area contributed by atoms with Crippen molar-refractivity contribution in [1.29, 1.82) is 5.26 Å². The molecule has 1 saturated heterocycles. The van der Waals surface area contributed by atoms with Crippen LogP contribution in [0.3, 0.4) is 0 Å². The Bertz CT molecular complexity index is 1200. The minimum absolute atomic E-state index is 0.266. The number of amides is 1. The van der Waals surface area contributed by atoms with E-state index in [1.807, 2.05) is 12.4 Å². The summed E-state index contributed by atoms with van der Waals surface area (Å²) in [6.45, 7) is 5.37. The normalized spacial score (nSPS) is 16.4. The molecule has 170 valence electrons. The first kappa shape index (κ1) is 21.4. The minimum Gasteiger partial charge on any atom is -0.366 e. The third-order valence-corrected chi connectivity index (χ3v) is 7.27. The molecule has 2 aliphatic heterocycles. The first-order valence-corrected chi connectivity index (χ1v) is 11.7. The van der Waals surface area contributed by atoms with Gasteiger partial charge in [0.1, 0.15) is 11.1 Å². The Morgan fingerprint density at radius 1 is 1.09 bits per heavy atom. The second kappa shape index (κ2) is 8.80. The molecule has 33 heavy (non-hydrogen) atoms. The molecule has 10 nitrogen and oxygen atoms in total. The van der Waals surface area contributed by atoms with Crippen molar-refractivity contribution in [3.8, 4) is 6.07 Å². The number of fused-ring (bicyclic) bond motifs is 1. The smallest absolute Gasteiger partial charge is 0.259 e. The van der Waals surface area contributed by atoms with Gasteiger partial charge < -0.3 is 20.0 Å². The molecule has 0 aliphatic carbocycles. The highest BCUT2D eigenvalue weighted by Crippen LogP contribution is 2.37. The summed E-state index contributed by atoms with van der Waals surface area (Å²) in [5, 5.41) is 17.3. The lowest BCUT2D eigenvalue weighted by atomic mass is 10.0. The third-order valence-electron chi connectivity index (χ3n) is 6.14. The van der Waals surface area contributed by atoms with Crippen LogP contribution in [0.15, 0.2) is 24.8 Å². The van der Waals surface area contributed by atoms with Crippen LogP contribution in [0.1, 0.15) is 26.4 Å². The van der Waals surface area contributed by atoms with Gasteiger partial charge in [0, 0.05) is 50.8 Å². The quantitative estimate of drug-likeness (QED) is 0.623. The molecule has 1 N–H and O–H groups in total. The van der Waals surface area contributed by atoms with E-state index in [0.29, 0.717) is 35.0 Å². The van der Waals surface area contributed by atoms with Crippen LogP contribution in [0.5, 0.6) is 0 Å². The number of thiophene rings is 1. The van der Waals surface area contributed by atoms with E-state index in [-0.39, 0.29) is 5.91 Å². The SMILES string of the molecule is CN1CCN(c2cnc(N3CCc4c(sc(NC(=O)c5cnn(C)c5)c4C#N)C3)nc2)CC1. The molecule has 0 saturated carbocycles. The number of likely N-dealkylation sites (N-methyl/N-ethyl adjacent to an activating group) is 1. The fourth-order valence-electron chi connectivity index (χ4n) is 4.20. The number of rotatable bonds is 4. The molecular formula is C22H25N9OS. The Kier molecular flexibility index (Phi) is 5.70. The summed E-state index contributed by atoms with van der Waals surface area (Å²) in [6.07, 6.45) is 7.68. The lowest BCUT2D eigenvalue weighted by Crippen LogP contribution is -2.44. The van der Waals surface area contributed by atoms with Gasteiger partial charge in [0.15, 0.2) is 0 Å². The van der Waals surface area contributed by atoms with Crippen LogP contribution in [0, 0.1) is 11.3 Å². The van der Waals surface area contributed by atoms with Crippen LogP contribution in [-0.2, 0) is 20.0 Å². The lowest BCUT2D eigenvalue weighted by Gasteiger charge is -2.34. The fourth-order valence-corrected chi connectivity index (χ4v) is 5.41. The number of nitriles is 1.